The molecule has 0 saturated carbocycles. The van der Waals surface area contributed by atoms with Crippen molar-refractivity contribution in [3.63, 3.8) is 0 Å². The van der Waals surface area contributed by atoms with E-state index in [4.69, 9.17) is 15.2 Å². The van der Waals surface area contributed by atoms with Crippen molar-refractivity contribution in [2.24, 2.45) is 5.73 Å². The largest absolute Gasteiger partial charge is 0.493 e. The maximum atomic E-state index is 5.91. The highest BCUT2D eigenvalue weighted by atomic mass is 79.9. The Morgan fingerprint density at radius 3 is 2.76 bits per heavy atom. The van der Waals surface area contributed by atoms with E-state index in [2.05, 4.69) is 15.9 Å². The summed E-state index contributed by atoms with van der Waals surface area (Å²) in [5, 5.41) is 0. The lowest BCUT2D eigenvalue weighted by Gasteiger charge is -2.14. The number of hydrogen-bond acceptors (Lipinski definition) is 3. The van der Waals surface area contributed by atoms with Gasteiger partial charge in [0, 0.05) is 35.7 Å². The van der Waals surface area contributed by atoms with Gasteiger partial charge in [-0.1, -0.05) is 15.9 Å². The molecule has 3 nitrogen and oxygen atoms in total. The maximum Gasteiger partial charge on any atom is 0.124 e. The van der Waals surface area contributed by atoms with E-state index in [1.165, 1.54) is 0 Å². The average molecular weight is 302 g/mol. The topological polar surface area (TPSA) is 44.5 Å². The van der Waals surface area contributed by atoms with Crippen molar-refractivity contribution < 1.29 is 9.47 Å². The van der Waals surface area contributed by atoms with Gasteiger partial charge in [-0.25, -0.2) is 0 Å². The molecule has 0 aliphatic carbocycles. The van der Waals surface area contributed by atoms with E-state index in [-0.39, 0.29) is 6.04 Å². The minimum Gasteiger partial charge on any atom is -0.493 e. The lowest BCUT2D eigenvalue weighted by molar-refractivity contribution is 0.130. The van der Waals surface area contributed by atoms with Gasteiger partial charge in [-0.15, -0.1) is 0 Å². The summed E-state index contributed by atoms with van der Waals surface area (Å²) >= 11 is 3.44. The predicted octanol–water partition coefficient (Wildman–Crippen LogP) is 3.27. The molecule has 0 saturated heterocycles. The first kappa shape index (κ1) is 14.5. The molecule has 0 aliphatic rings. The molecule has 0 heterocycles. The molecule has 17 heavy (non-hydrogen) atoms. The molecule has 0 fully saturated rings. The van der Waals surface area contributed by atoms with E-state index in [0.29, 0.717) is 6.61 Å². The molecule has 0 aliphatic heterocycles. The molecule has 0 unspecified atom stereocenters. The van der Waals surface area contributed by atoms with Gasteiger partial charge in [-0.2, -0.15) is 0 Å². The van der Waals surface area contributed by atoms with Crippen molar-refractivity contribution in [1.29, 1.82) is 0 Å². The average Bonchev–Trinajstić information content (AvgIpc) is 2.30. The van der Waals surface area contributed by atoms with Crippen LogP contribution in [0.25, 0.3) is 0 Å². The van der Waals surface area contributed by atoms with Crippen LogP contribution in [0.5, 0.6) is 5.75 Å². The second-order valence-electron chi connectivity index (χ2n) is 3.87. The third-order valence-corrected chi connectivity index (χ3v) is 2.85. The second-order valence-corrected chi connectivity index (χ2v) is 4.79. The van der Waals surface area contributed by atoms with E-state index >= 15 is 0 Å². The highest BCUT2D eigenvalue weighted by Gasteiger charge is 2.08. The summed E-state index contributed by atoms with van der Waals surface area (Å²) in [7, 11) is 0. The zero-order valence-electron chi connectivity index (χ0n) is 10.4. The van der Waals surface area contributed by atoms with Crippen LogP contribution in [0, 0.1) is 0 Å². The Kier molecular flexibility index (Phi) is 6.55. The zero-order valence-corrected chi connectivity index (χ0v) is 12.0. The van der Waals surface area contributed by atoms with E-state index in [9.17, 15) is 0 Å². The first-order valence-electron chi connectivity index (χ1n) is 5.90. The quantitative estimate of drug-likeness (QED) is 0.786. The molecule has 0 radical (unpaired) electrons. The number of ether oxygens (including phenoxy) is 2. The Hall–Kier alpha value is -0.580. The maximum absolute atomic E-state index is 5.91. The Labute approximate surface area is 111 Å². The van der Waals surface area contributed by atoms with Gasteiger partial charge in [0.25, 0.3) is 0 Å². The lowest BCUT2D eigenvalue weighted by Crippen LogP contribution is -2.09. The van der Waals surface area contributed by atoms with Gasteiger partial charge < -0.3 is 15.2 Å². The van der Waals surface area contributed by atoms with Gasteiger partial charge in [-0.05, 0) is 32.0 Å². The molecule has 0 spiro atoms. The highest BCUT2D eigenvalue weighted by molar-refractivity contribution is 9.10. The van der Waals surface area contributed by atoms with Crippen molar-refractivity contribution in [3.05, 3.63) is 28.2 Å². The van der Waals surface area contributed by atoms with Crippen LogP contribution >= 0.6 is 15.9 Å². The summed E-state index contributed by atoms with van der Waals surface area (Å²) < 4.78 is 12.0. The Bertz CT molecular complexity index is 342. The van der Waals surface area contributed by atoms with E-state index in [0.717, 1.165) is 35.4 Å². The van der Waals surface area contributed by atoms with E-state index in [1.807, 2.05) is 32.0 Å². The monoisotopic (exact) mass is 301 g/mol. The minimum absolute atomic E-state index is 0.0330. The Balaban J connectivity index is 2.52. The number of rotatable bonds is 7. The van der Waals surface area contributed by atoms with Crippen LogP contribution in [0.15, 0.2) is 22.7 Å². The Morgan fingerprint density at radius 1 is 1.35 bits per heavy atom. The minimum atomic E-state index is -0.0330. The van der Waals surface area contributed by atoms with Crippen molar-refractivity contribution in [1.82, 2.24) is 0 Å². The van der Waals surface area contributed by atoms with Crippen LogP contribution in [0.1, 0.15) is 31.9 Å². The number of benzene rings is 1. The van der Waals surface area contributed by atoms with Crippen molar-refractivity contribution >= 4 is 15.9 Å². The SMILES string of the molecule is CCOCCCOc1ccc(Br)cc1[C@@H](C)N. The van der Waals surface area contributed by atoms with Gasteiger partial charge in [0.1, 0.15) is 5.75 Å². The molecule has 1 aromatic rings. The third-order valence-electron chi connectivity index (χ3n) is 2.36. The second kappa shape index (κ2) is 7.69. The van der Waals surface area contributed by atoms with Gasteiger partial charge in [-0.3, -0.25) is 0 Å². The molecule has 96 valence electrons. The molecule has 1 atom stereocenters. The van der Waals surface area contributed by atoms with Crippen LogP contribution in [0.3, 0.4) is 0 Å². The van der Waals surface area contributed by atoms with Crippen molar-refractivity contribution in [2.45, 2.75) is 26.3 Å². The molecule has 0 amide bonds. The van der Waals surface area contributed by atoms with Crippen LogP contribution in [-0.2, 0) is 4.74 Å². The van der Waals surface area contributed by atoms with Crippen LogP contribution in [0.2, 0.25) is 0 Å². The summed E-state index contributed by atoms with van der Waals surface area (Å²) in [6, 6.07) is 5.88. The number of halogens is 1. The summed E-state index contributed by atoms with van der Waals surface area (Å²) in [6.45, 7) is 6.09. The number of nitrogens with two attached hydrogens (primary N) is 1. The van der Waals surface area contributed by atoms with Crippen molar-refractivity contribution in [3.8, 4) is 5.75 Å². The van der Waals surface area contributed by atoms with E-state index in [1.54, 1.807) is 0 Å². The smallest absolute Gasteiger partial charge is 0.124 e. The first-order valence-corrected chi connectivity index (χ1v) is 6.70. The summed E-state index contributed by atoms with van der Waals surface area (Å²) in [5.74, 6) is 0.861. The molecular weight excluding hydrogens is 282 g/mol. The van der Waals surface area contributed by atoms with Gasteiger partial charge >= 0.3 is 0 Å². The van der Waals surface area contributed by atoms with Crippen LogP contribution in [0.4, 0.5) is 0 Å². The Morgan fingerprint density at radius 2 is 2.12 bits per heavy atom. The molecule has 4 heteroatoms. The zero-order chi connectivity index (χ0) is 12.7. The van der Waals surface area contributed by atoms with Gasteiger partial charge in [0.05, 0.1) is 6.61 Å². The fraction of sp³-hybridized carbons (Fsp3) is 0.538. The third kappa shape index (κ3) is 5.06. The standard InChI is InChI=1S/C13H20BrNO2/c1-3-16-7-4-8-17-13-6-5-11(14)9-12(13)10(2)15/h5-6,9-10H,3-4,7-8,15H2,1-2H3/t10-/m1/s1. The summed E-state index contributed by atoms with van der Waals surface area (Å²) in [4.78, 5) is 0. The predicted molar refractivity (Wildman–Crippen MR) is 73.3 cm³/mol. The molecular formula is C13H20BrNO2. The molecule has 1 rings (SSSR count). The lowest BCUT2D eigenvalue weighted by atomic mass is 10.1. The highest BCUT2D eigenvalue weighted by Crippen LogP contribution is 2.27. The fourth-order valence-corrected chi connectivity index (χ4v) is 1.87. The van der Waals surface area contributed by atoms with E-state index < -0.39 is 0 Å². The molecule has 0 bridgehead atoms. The summed E-state index contributed by atoms with van der Waals surface area (Å²) in [6.07, 6.45) is 0.891. The normalized spacial score (nSPS) is 12.5. The van der Waals surface area contributed by atoms with Crippen molar-refractivity contribution in [2.75, 3.05) is 19.8 Å². The fourth-order valence-electron chi connectivity index (χ4n) is 1.49. The summed E-state index contributed by atoms with van der Waals surface area (Å²) in [5.41, 5.74) is 6.93. The van der Waals surface area contributed by atoms with Gasteiger partial charge in [0.15, 0.2) is 0 Å². The van der Waals surface area contributed by atoms with Gasteiger partial charge in [0.2, 0.25) is 0 Å². The van der Waals surface area contributed by atoms with Crippen LogP contribution in [-0.4, -0.2) is 19.8 Å². The number of hydrogen-bond donors (Lipinski definition) is 1. The molecule has 0 aromatic heterocycles. The molecule has 1 aromatic carbocycles. The molecule has 2 N–H and O–H groups in total. The van der Waals surface area contributed by atoms with Crippen LogP contribution < -0.4 is 10.5 Å². The first-order chi connectivity index (χ1) is 8.15.